The summed E-state index contributed by atoms with van der Waals surface area (Å²) in [6.07, 6.45) is 3.19. The Hall–Kier alpha value is -0.180. The molecule has 0 atom stereocenters. The highest BCUT2D eigenvalue weighted by Gasteiger charge is 2.40. The lowest BCUT2D eigenvalue weighted by atomic mass is 9.91. The number of rotatable bonds is 16. The fraction of sp³-hybridized carbons (Fsp3) is 0.941. The summed E-state index contributed by atoms with van der Waals surface area (Å²) in [4.78, 5) is 11.6. The average molecular weight is 531 g/mol. The first kappa shape index (κ1) is 30.8. The minimum Gasteiger partial charge on any atom is -0.466 e. The van der Waals surface area contributed by atoms with E-state index in [2.05, 4.69) is 20.8 Å². The van der Waals surface area contributed by atoms with Crippen LogP contribution in [0.4, 0.5) is 13.2 Å². The Labute approximate surface area is 192 Å². The topological polar surface area (TPSA) is 109 Å². The fourth-order valence-electron chi connectivity index (χ4n) is 2.06. The van der Waals surface area contributed by atoms with Crippen LogP contribution in [0.3, 0.4) is 0 Å². The molecule has 0 aliphatic heterocycles. The number of alkyl halides is 3. The molecule has 0 aromatic rings. The van der Waals surface area contributed by atoms with Crippen molar-refractivity contribution < 1.29 is 39.5 Å². The monoisotopic (exact) mass is 530 g/mol. The molecule has 14 heteroatoms. The number of carbonyl (C=O) groups is 1. The van der Waals surface area contributed by atoms with Crippen LogP contribution in [0, 0.1) is 5.41 Å². The number of esters is 1. The van der Waals surface area contributed by atoms with Gasteiger partial charge in [0.25, 0.3) is 0 Å². The van der Waals surface area contributed by atoms with Crippen molar-refractivity contribution in [3.63, 3.8) is 0 Å². The second kappa shape index (κ2) is 14.2. The van der Waals surface area contributed by atoms with Crippen LogP contribution >= 0.6 is 23.5 Å². The molecule has 0 amide bonds. The van der Waals surface area contributed by atoms with Gasteiger partial charge in [-0.05, 0) is 48.4 Å². The van der Waals surface area contributed by atoms with Crippen LogP contribution in [-0.4, -0.2) is 63.7 Å². The van der Waals surface area contributed by atoms with E-state index in [0.717, 1.165) is 23.7 Å². The normalized spacial score (nSPS) is 13.4. The molecule has 31 heavy (non-hydrogen) atoms. The maximum atomic E-state index is 12.1. The second-order valence-electron chi connectivity index (χ2n) is 7.85. The van der Waals surface area contributed by atoms with Gasteiger partial charge in [0.15, 0.2) is 10.0 Å². The molecule has 7 nitrogen and oxygen atoms in total. The van der Waals surface area contributed by atoms with Gasteiger partial charge in [-0.15, -0.1) is 0 Å². The highest BCUT2D eigenvalue weighted by molar-refractivity contribution is 8.12. The Bertz CT molecular complexity index is 734. The zero-order chi connectivity index (χ0) is 24.2. The van der Waals surface area contributed by atoms with Crippen LogP contribution in [0.2, 0.25) is 0 Å². The van der Waals surface area contributed by atoms with E-state index < -0.39 is 37.3 Å². The van der Waals surface area contributed by atoms with Crippen LogP contribution in [-0.2, 0) is 29.6 Å². The summed E-state index contributed by atoms with van der Waals surface area (Å²) in [5.41, 5.74) is -5.42. The summed E-state index contributed by atoms with van der Waals surface area (Å²) in [5, 5.41) is 0. The van der Waals surface area contributed by atoms with E-state index in [-0.39, 0.29) is 19.4 Å². The summed E-state index contributed by atoms with van der Waals surface area (Å²) in [6, 6.07) is 0. The molecule has 0 rings (SSSR count). The van der Waals surface area contributed by atoms with Gasteiger partial charge >= 0.3 is 11.5 Å². The molecule has 0 unspecified atom stereocenters. The lowest BCUT2D eigenvalue weighted by molar-refractivity contribution is -0.143. The maximum Gasteiger partial charge on any atom is 0.480 e. The minimum absolute atomic E-state index is 0.128. The number of sulfonamides is 2. The first-order valence-electron chi connectivity index (χ1n) is 9.65. The van der Waals surface area contributed by atoms with Crippen molar-refractivity contribution in [2.75, 3.05) is 35.4 Å². The molecule has 0 heterocycles. The van der Waals surface area contributed by atoms with Crippen molar-refractivity contribution in [1.29, 1.82) is 0 Å². The maximum absolute atomic E-state index is 12.1. The number of carbonyl (C=O) groups excluding carboxylic acids is 1. The first-order valence-corrected chi connectivity index (χ1v) is 15.0. The standard InChI is InChI=1S/C17H31F3NO6S4/c1-16(2,3)8-4-10-28-11-6-12-29-13-7-15(22)27-9-5-14-30(23,24)21-31(25,26)17(18,19)20/h4-14H2,1-3H3/q-1. The predicted octanol–water partition coefficient (Wildman–Crippen LogP) is 4.55. The molecule has 0 fully saturated rings. The van der Waals surface area contributed by atoms with E-state index in [9.17, 15) is 34.8 Å². The van der Waals surface area contributed by atoms with Gasteiger partial charge in [-0.3, -0.25) is 4.79 Å². The number of hydrogen-bond donors (Lipinski definition) is 0. The van der Waals surface area contributed by atoms with Crippen LogP contribution in [0.5, 0.6) is 0 Å². The van der Waals surface area contributed by atoms with E-state index in [4.69, 9.17) is 4.74 Å². The molecule has 0 radical (unpaired) electrons. The van der Waals surface area contributed by atoms with Gasteiger partial charge in [-0.2, -0.15) is 36.7 Å². The highest BCUT2D eigenvalue weighted by Crippen LogP contribution is 2.30. The number of ether oxygens (including phenoxy) is 1. The SMILES string of the molecule is CC(C)(C)CCCSCCCSCCC(=O)OCCCS(=O)(=O)[N-]S(=O)(=O)C(F)(F)F. The highest BCUT2D eigenvalue weighted by atomic mass is 32.3. The second-order valence-corrected chi connectivity index (χ2v) is 13.9. The fourth-order valence-corrected chi connectivity index (χ4v) is 6.32. The minimum atomic E-state index is -6.12. The third kappa shape index (κ3) is 17.0. The molecule has 186 valence electrons. The lowest BCUT2D eigenvalue weighted by Gasteiger charge is -2.21. The van der Waals surface area contributed by atoms with Gasteiger partial charge in [0.1, 0.15) is 0 Å². The van der Waals surface area contributed by atoms with Crippen LogP contribution in [0.15, 0.2) is 0 Å². The van der Waals surface area contributed by atoms with Gasteiger partial charge in [0.05, 0.1) is 23.1 Å². The van der Waals surface area contributed by atoms with Crippen LogP contribution in [0.1, 0.15) is 52.9 Å². The van der Waals surface area contributed by atoms with Gasteiger partial charge in [0.2, 0.25) is 0 Å². The molecule has 0 aliphatic carbocycles. The van der Waals surface area contributed by atoms with Crippen molar-refractivity contribution in [1.82, 2.24) is 0 Å². The molecule has 0 aromatic carbocycles. The Morgan fingerprint density at radius 1 is 0.903 bits per heavy atom. The molecule has 0 saturated carbocycles. The van der Waals surface area contributed by atoms with Crippen molar-refractivity contribution in [2.45, 2.75) is 58.4 Å². The zero-order valence-electron chi connectivity index (χ0n) is 17.9. The van der Waals surface area contributed by atoms with E-state index in [0.29, 0.717) is 11.2 Å². The predicted molar refractivity (Wildman–Crippen MR) is 120 cm³/mol. The third-order valence-corrected chi connectivity index (χ3v) is 8.87. The molecule has 0 saturated heterocycles. The van der Waals surface area contributed by atoms with Crippen LogP contribution < -0.4 is 0 Å². The first-order chi connectivity index (χ1) is 14.1. The summed E-state index contributed by atoms with van der Waals surface area (Å²) in [7, 11) is -11.0. The van der Waals surface area contributed by atoms with E-state index in [1.165, 1.54) is 12.8 Å². The van der Waals surface area contributed by atoms with Crippen molar-refractivity contribution in [3.05, 3.63) is 4.13 Å². The molecule has 0 aromatic heterocycles. The van der Waals surface area contributed by atoms with Gasteiger partial charge < -0.3 is 8.86 Å². The van der Waals surface area contributed by atoms with Crippen LogP contribution in [0.25, 0.3) is 4.13 Å². The lowest BCUT2D eigenvalue weighted by Crippen LogP contribution is -2.25. The summed E-state index contributed by atoms with van der Waals surface area (Å²) in [5.74, 6) is 2.13. The molecular formula is C17H31F3NO6S4-. The van der Waals surface area contributed by atoms with Gasteiger partial charge in [-0.25, -0.2) is 16.8 Å². The van der Waals surface area contributed by atoms with E-state index in [1.54, 1.807) is 11.8 Å². The van der Waals surface area contributed by atoms with Gasteiger partial charge in [-0.1, -0.05) is 20.8 Å². The molecular weight excluding hydrogens is 499 g/mol. The Morgan fingerprint density at radius 2 is 1.45 bits per heavy atom. The number of nitrogens with zero attached hydrogens (tertiary/aromatic N) is 1. The largest absolute Gasteiger partial charge is 0.480 e. The van der Waals surface area contributed by atoms with Crippen molar-refractivity contribution >= 4 is 49.5 Å². The molecule has 0 bridgehead atoms. The van der Waals surface area contributed by atoms with Crippen molar-refractivity contribution in [2.24, 2.45) is 5.41 Å². The average Bonchev–Trinajstić information content (AvgIpc) is 2.57. The number of thioether (sulfide) groups is 2. The Balaban J connectivity index is 3.75. The van der Waals surface area contributed by atoms with Crippen molar-refractivity contribution in [3.8, 4) is 0 Å². The summed E-state index contributed by atoms with van der Waals surface area (Å²) in [6.45, 7) is 6.32. The number of hydrogen-bond acceptors (Lipinski definition) is 8. The number of halogens is 3. The molecule has 0 spiro atoms. The quantitative estimate of drug-likeness (QED) is 0.211. The Morgan fingerprint density at radius 3 is 2.00 bits per heavy atom. The molecule has 0 aliphatic rings. The van der Waals surface area contributed by atoms with E-state index in [1.807, 2.05) is 15.9 Å². The smallest absolute Gasteiger partial charge is 0.466 e. The summed E-state index contributed by atoms with van der Waals surface area (Å²) < 4.78 is 87.3. The van der Waals surface area contributed by atoms with E-state index >= 15 is 0 Å². The Kier molecular flexibility index (Phi) is 14.1. The van der Waals surface area contributed by atoms with Gasteiger partial charge in [0, 0.05) is 11.5 Å². The zero-order valence-corrected chi connectivity index (χ0v) is 21.2. The third-order valence-electron chi connectivity index (χ3n) is 3.56. The summed E-state index contributed by atoms with van der Waals surface area (Å²) >= 11 is 3.52. The molecule has 0 N–H and O–H groups in total.